The molecule has 180 valence electrons. The minimum Gasteiger partial charge on any atom is -0.348 e. The topological polar surface area (TPSA) is 79.8 Å². The van der Waals surface area contributed by atoms with E-state index in [1.54, 1.807) is 31.2 Å². The van der Waals surface area contributed by atoms with Crippen LogP contribution in [0.5, 0.6) is 0 Å². The highest BCUT2D eigenvalue weighted by atomic mass is 19.1. The summed E-state index contributed by atoms with van der Waals surface area (Å²) in [5, 5.41) is 2.88. The molecule has 2 heterocycles. The summed E-state index contributed by atoms with van der Waals surface area (Å²) in [7, 11) is 0. The molecule has 1 saturated carbocycles. The van der Waals surface area contributed by atoms with Crippen LogP contribution in [0.4, 0.5) is 8.78 Å². The van der Waals surface area contributed by atoms with Crippen LogP contribution in [0.15, 0.2) is 65.5 Å². The summed E-state index contributed by atoms with van der Waals surface area (Å²) in [6, 6.07) is 16.3. The summed E-state index contributed by atoms with van der Waals surface area (Å²) in [4.78, 5) is 34.6. The molecule has 36 heavy (non-hydrogen) atoms. The minimum absolute atomic E-state index is 0.114. The molecule has 1 aliphatic carbocycles. The summed E-state index contributed by atoms with van der Waals surface area (Å²) >= 11 is 0. The SMILES string of the molecule is Cc1c(C(=O)NCc2cccc(F)c2C2CC2)c2cccc(F)c2c(=O)n1-c1nc2ccccc2[nH]1. The van der Waals surface area contributed by atoms with Gasteiger partial charge in [-0.3, -0.25) is 9.59 Å². The third-order valence-corrected chi connectivity index (χ3v) is 6.78. The van der Waals surface area contributed by atoms with Gasteiger partial charge in [0.1, 0.15) is 11.6 Å². The number of hydrogen-bond acceptors (Lipinski definition) is 3. The van der Waals surface area contributed by atoms with Gasteiger partial charge in [-0.15, -0.1) is 0 Å². The first-order valence-corrected chi connectivity index (χ1v) is 11.8. The number of aromatic nitrogens is 3. The Morgan fingerprint density at radius 2 is 1.81 bits per heavy atom. The van der Waals surface area contributed by atoms with Crippen molar-refractivity contribution in [3.63, 3.8) is 0 Å². The molecule has 0 bridgehead atoms. The highest BCUT2D eigenvalue weighted by molar-refractivity contribution is 6.08. The summed E-state index contributed by atoms with van der Waals surface area (Å²) < 4.78 is 30.7. The van der Waals surface area contributed by atoms with E-state index in [-0.39, 0.29) is 40.6 Å². The second-order valence-corrected chi connectivity index (χ2v) is 9.11. The molecular formula is C28H22F2N4O2. The molecule has 0 unspecified atom stereocenters. The standard InChI is InChI=1S/C28H22F2N4O2/c1-15-23(26(35)31-14-17-6-4-8-19(29)24(17)16-12-13-16)18-7-5-9-20(30)25(18)27(36)34(15)28-32-21-10-2-3-11-22(21)33-28/h2-11,16H,12-14H2,1H3,(H,31,35)(H,32,33). The maximum atomic E-state index is 14.9. The number of aromatic amines is 1. The number of nitrogens with zero attached hydrogens (tertiary/aromatic N) is 2. The number of imidazole rings is 1. The Hall–Kier alpha value is -4.33. The molecule has 0 aliphatic heterocycles. The second-order valence-electron chi connectivity index (χ2n) is 9.11. The molecule has 3 aromatic carbocycles. The summed E-state index contributed by atoms with van der Waals surface area (Å²) in [6.45, 7) is 1.74. The monoisotopic (exact) mass is 484 g/mol. The van der Waals surface area contributed by atoms with Crippen LogP contribution in [0.2, 0.25) is 0 Å². The van der Waals surface area contributed by atoms with Crippen molar-refractivity contribution in [3.8, 4) is 5.95 Å². The number of rotatable bonds is 5. The Labute approximate surface area is 204 Å². The van der Waals surface area contributed by atoms with Crippen molar-refractivity contribution < 1.29 is 13.6 Å². The van der Waals surface area contributed by atoms with Crippen LogP contribution in [-0.4, -0.2) is 20.4 Å². The number of carbonyl (C=O) groups excluding carboxylic acids is 1. The van der Waals surface area contributed by atoms with Gasteiger partial charge in [-0.25, -0.2) is 18.3 Å². The fourth-order valence-corrected chi connectivity index (χ4v) is 4.94. The van der Waals surface area contributed by atoms with Crippen LogP contribution < -0.4 is 10.9 Å². The average Bonchev–Trinajstić information content (AvgIpc) is 3.60. The molecule has 0 atom stereocenters. The van der Waals surface area contributed by atoms with Gasteiger partial charge in [-0.2, -0.15) is 0 Å². The van der Waals surface area contributed by atoms with Gasteiger partial charge in [0.25, 0.3) is 11.5 Å². The normalized spacial score (nSPS) is 13.4. The number of fused-ring (bicyclic) bond motifs is 2. The number of nitrogens with one attached hydrogen (secondary N) is 2. The zero-order chi connectivity index (χ0) is 25.0. The molecule has 5 aromatic rings. The molecule has 0 spiro atoms. The van der Waals surface area contributed by atoms with Gasteiger partial charge < -0.3 is 10.3 Å². The average molecular weight is 485 g/mol. The quantitative estimate of drug-likeness (QED) is 0.357. The maximum absolute atomic E-state index is 14.9. The molecule has 2 N–H and O–H groups in total. The van der Waals surface area contributed by atoms with Crippen LogP contribution in [-0.2, 0) is 6.54 Å². The molecule has 6 rings (SSSR count). The van der Waals surface area contributed by atoms with Gasteiger partial charge in [0, 0.05) is 17.6 Å². The fraction of sp³-hybridized carbons (Fsp3) is 0.179. The number of H-pyrrole nitrogens is 1. The van der Waals surface area contributed by atoms with Crippen molar-refractivity contribution in [1.29, 1.82) is 0 Å². The van der Waals surface area contributed by atoms with Crippen molar-refractivity contribution in [2.75, 3.05) is 0 Å². The molecule has 1 fully saturated rings. The van der Waals surface area contributed by atoms with Crippen molar-refractivity contribution in [1.82, 2.24) is 19.9 Å². The number of hydrogen-bond donors (Lipinski definition) is 2. The number of para-hydroxylation sites is 2. The number of amides is 1. The molecule has 8 heteroatoms. The molecule has 1 aliphatic rings. The maximum Gasteiger partial charge on any atom is 0.268 e. The Bertz CT molecular complexity index is 1700. The second kappa shape index (κ2) is 8.41. The van der Waals surface area contributed by atoms with Crippen LogP contribution in [0.25, 0.3) is 27.8 Å². The highest BCUT2D eigenvalue weighted by Crippen LogP contribution is 2.43. The van der Waals surface area contributed by atoms with Crippen molar-refractivity contribution in [2.45, 2.75) is 32.2 Å². The van der Waals surface area contributed by atoms with Crippen LogP contribution in [0, 0.1) is 18.6 Å². The van der Waals surface area contributed by atoms with Gasteiger partial charge in [-0.1, -0.05) is 36.4 Å². The first-order valence-electron chi connectivity index (χ1n) is 11.8. The van der Waals surface area contributed by atoms with E-state index >= 15 is 0 Å². The largest absolute Gasteiger partial charge is 0.348 e. The fourth-order valence-electron chi connectivity index (χ4n) is 4.94. The lowest BCUT2D eigenvalue weighted by molar-refractivity contribution is 0.0951. The summed E-state index contributed by atoms with van der Waals surface area (Å²) in [5.74, 6) is -1.12. The lowest BCUT2D eigenvalue weighted by atomic mass is 10.0. The Morgan fingerprint density at radius 1 is 1.06 bits per heavy atom. The van der Waals surface area contributed by atoms with Crippen molar-refractivity contribution in [2.24, 2.45) is 0 Å². The van der Waals surface area contributed by atoms with Crippen molar-refractivity contribution >= 4 is 27.7 Å². The number of pyridine rings is 1. The van der Waals surface area contributed by atoms with E-state index in [0.29, 0.717) is 27.9 Å². The predicted molar refractivity (Wildman–Crippen MR) is 133 cm³/mol. The third-order valence-electron chi connectivity index (χ3n) is 6.78. The van der Waals surface area contributed by atoms with E-state index in [4.69, 9.17) is 0 Å². The number of carbonyl (C=O) groups is 1. The van der Waals surface area contributed by atoms with Crippen LogP contribution >= 0.6 is 0 Å². The van der Waals surface area contributed by atoms with Gasteiger partial charge >= 0.3 is 0 Å². The van der Waals surface area contributed by atoms with Crippen LogP contribution in [0.1, 0.15) is 45.9 Å². The highest BCUT2D eigenvalue weighted by Gasteiger charge is 2.29. The zero-order valence-corrected chi connectivity index (χ0v) is 19.4. The lowest BCUT2D eigenvalue weighted by Crippen LogP contribution is -2.30. The smallest absolute Gasteiger partial charge is 0.268 e. The van der Waals surface area contributed by atoms with E-state index in [9.17, 15) is 18.4 Å². The van der Waals surface area contributed by atoms with Gasteiger partial charge in [-0.05, 0) is 61.1 Å². The van der Waals surface area contributed by atoms with Gasteiger partial charge in [0.2, 0.25) is 5.95 Å². The summed E-state index contributed by atoms with van der Waals surface area (Å²) in [6.07, 6.45) is 1.85. The third kappa shape index (κ3) is 3.57. The Kier molecular flexibility index (Phi) is 5.17. The van der Waals surface area contributed by atoms with E-state index < -0.39 is 17.3 Å². The first-order chi connectivity index (χ1) is 17.4. The van der Waals surface area contributed by atoms with E-state index in [2.05, 4.69) is 15.3 Å². The molecule has 2 aromatic heterocycles. The van der Waals surface area contributed by atoms with E-state index in [1.165, 1.54) is 22.8 Å². The van der Waals surface area contributed by atoms with Gasteiger partial charge in [0.15, 0.2) is 0 Å². The minimum atomic E-state index is -0.724. The Balaban J connectivity index is 1.48. The molecule has 1 amide bonds. The molecule has 6 nitrogen and oxygen atoms in total. The number of halogens is 2. The van der Waals surface area contributed by atoms with Gasteiger partial charge in [0.05, 0.1) is 22.0 Å². The van der Waals surface area contributed by atoms with E-state index in [1.807, 2.05) is 18.2 Å². The predicted octanol–water partition coefficient (Wildman–Crippen LogP) is 5.26. The van der Waals surface area contributed by atoms with E-state index in [0.717, 1.165) is 12.8 Å². The molecule has 0 radical (unpaired) electrons. The van der Waals surface area contributed by atoms with Crippen LogP contribution in [0.3, 0.4) is 0 Å². The number of benzene rings is 3. The molecular weight excluding hydrogens is 462 g/mol. The summed E-state index contributed by atoms with van der Waals surface area (Å²) in [5.41, 5.74) is 2.55. The zero-order valence-electron chi connectivity index (χ0n) is 19.4. The molecule has 0 saturated heterocycles. The Morgan fingerprint density at radius 3 is 2.58 bits per heavy atom. The first kappa shape index (κ1) is 22.2. The van der Waals surface area contributed by atoms with Crippen molar-refractivity contribution in [3.05, 3.63) is 105 Å². The lowest BCUT2D eigenvalue weighted by Gasteiger charge is -2.17.